The highest BCUT2D eigenvalue weighted by atomic mass is 16.5. The van der Waals surface area contributed by atoms with Crippen molar-refractivity contribution in [1.82, 2.24) is 5.32 Å². The fourth-order valence-corrected chi connectivity index (χ4v) is 2.57. The molecular formula is C13H27NO2. The van der Waals surface area contributed by atoms with E-state index in [1.54, 1.807) is 7.11 Å². The first-order valence-electron chi connectivity index (χ1n) is 6.57. The highest BCUT2D eigenvalue weighted by Crippen LogP contribution is 2.34. The number of ether oxygens (including phenoxy) is 1. The Morgan fingerprint density at radius 1 is 1.44 bits per heavy atom. The molecule has 1 rings (SSSR count). The summed E-state index contributed by atoms with van der Waals surface area (Å²) in [7, 11) is 1.70. The summed E-state index contributed by atoms with van der Waals surface area (Å²) < 4.78 is 5.14. The molecule has 3 heteroatoms. The van der Waals surface area contributed by atoms with E-state index in [2.05, 4.69) is 19.2 Å². The lowest BCUT2D eigenvalue weighted by Gasteiger charge is -2.40. The standard InChI is InChI=1S/C13H27NO2/c1-4-9-14-12-5-7-13(15,8-6-12)11(2)10-16-3/h11-12,14-15H,4-10H2,1-3H3. The Hall–Kier alpha value is -0.120. The van der Waals surface area contributed by atoms with Crippen molar-refractivity contribution in [3.05, 3.63) is 0 Å². The molecule has 1 unspecified atom stereocenters. The van der Waals surface area contributed by atoms with E-state index in [4.69, 9.17) is 4.74 Å². The van der Waals surface area contributed by atoms with Gasteiger partial charge in [-0.2, -0.15) is 0 Å². The van der Waals surface area contributed by atoms with Gasteiger partial charge in [-0.05, 0) is 38.6 Å². The number of methoxy groups -OCH3 is 1. The zero-order valence-corrected chi connectivity index (χ0v) is 11.0. The molecule has 0 saturated heterocycles. The maximum Gasteiger partial charge on any atom is 0.0696 e. The monoisotopic (exact) mass is 229 g/mol. The van der Waals surface area contributed by atoms with E-state index in [0.29, 0.717) is 12.6 Å². The third kappa shape index (κ3) is 3.72. The molecule has 0 spiro atoms. The molecule has 16 heavy (non-hydrogen) atoms. The fraction of sp³-hybridized carbons (Fsp3) is 1.00. The largest absolute Gasteiger partial charge is 0.390 e. The third-order valence-corrected chi connectivity index (χ3v) is 3.87. The van der Waals surface area contributed by atoms with Crippen LogP contribution in [0.5, 0.6) is 0 Å². The first-order chi connectivity index (χ1) is 7.62. The van der Waals surface area contributed by atoms with Gasteiger partial charge in [-0.25, -0.2) is 0 Å². The predicted octanol–water partition coefficient (Wildman–Crippen LogP) is 1.94. The minimum absolute atomic E-state index is 0.240. The van der Waals surface area contributed by atoms with E-state index in [0.717, 1.165) is 32.2 Å². The second kappa shape index (κ2) is 6.58. The average Bonchev–Trinajstić information content (AvgIpc) is 2.29. The van der Waals surface area contributed by atoms with Crippen LogP contribution in [0.3, 0.4) is 0 Å². The molecule has 0 radical (unpaired) electrons. The molecule has 0 aromatic heterocycles. The van der Waals surface area contributed by atoms with Crippen molar-refractivity contribution in [3.63, 3.8) is 0 Å². The molecule has 1 aliphatic carbocycles. The molecule has 0 bridgehead atoms. The predicted molar refractivity (Wildman–Crippen MR) is 66.5 cm³/mol. The van der Waals surface area contributed by atoms with Gasteiger partial charge >= 0.3 is 0 Å². The number of hydrogen-bond donors (Lipinski definition) is 2. The van der Waals surface area contributed by atoms with Gasteiger partial charge in [-0.15, -0.1) is 0 Å². The Balaban J connectivity index is 2.34. The highest BCUT2D eigenvalue weighted by Gasteiger charge is 2.37. The van der Waals surface area contributed by atoms with E-state index in [9.17, 15) is 5.11 Å². The molecule has 0 heterocycles. The van der Waals surface area contributed by atoms with Crippen LogP contribution < -0.4 is 5.32 Å². The topological polar surface area (TPSA) is 41.5 Å². The Labute approximate surface area is 99.6 Å². The second-order valence-electron chi connectivity index (χ2n) is 5.19. The molecule has 3 nitrogen and oxygen atoms in total. The summed E-state index contributed by atoms with van der Waals surface area (Å²) in [5.41, 5.74) is -0.500. The van der Waals surface area contributed by atoms with Crippen LogP contribution in [0.15, 0.2) is 0 Å². The zero-order chi connectivity index (χ0) is 12.0. The highest BCUT2D eigenvalue weighted by molar-refractivity contribution is 4.91. The van der Waals surface area contributed by atoms with E-state index in [1.807, 2.05) is 0 Å². The molecule has 1 aliphatic rings. The minimum Gasteiger partial charge on any atom is -0.390 e. The number of aliphatic hydroxyl groups is 1. The van der Waals surface area contributed by atoms with Gasteiger partial charge in [0.15, 0.2) is 0 Å². The van der Waals surface area contributed by atoms with Crippen molar-refractivity contribution in [2.24, 2.45) is 5.92 Å². The molecule has 1 saturated carbocycles. The van der Waals surface area contributed by atoms with Crippen LogP contribution in [0.4, 0.5) is 0 Å². The van der Waals surface area contributed by atoms with E-state index >= 15 is 0 Å². The quantitative estimate of drug-likeness (QED) is 0.731. The maximum atomic E-state index is 10.5. The van der Waals surface area contributed by atoms with Crippen LogP contribution in [0.25, 0.3) is 0 Å². The molecule has 1 atom stereocenters. The molecule has 2 N–H and O–H groups in total. The minimum atomic E-state index is -0.500. The normalized spacial score (nSPS) is 32.6. The molecule has 0 aromatic carbocycles. The van der Waals surface area contributed by atoms with Gasteiger partial charge < -0.3 is 15.2 Å². The van der Waals surface area contributed by atoms with Gasteiger partial charge in [0.1, 0.15) is 0 Å². The molecule has 0 amide bonds. The van der Waals surface area contributed by atoms with Gasteiger partial charge in [0.2, 0.25) is 0 Å². The van der Waals surface area contributed by atoms with Crippen LogP contribution in [0.1, 0.15) is 46.0 Å². The molecule has 1 fully saturated rings. The van der Waals surface area contributed by atoms with Crippen LogP contribution in [0, 0.1) is 5.92 Å². The van der Waals surface area contributed by atoms with Crippen molar-refractivity contribution in [2.75, 3.05) is 20.3 Å². The fourth-order valence-electron chi connectivity index (χ4n) is 2.57. The second-order valence-corrected chi connectivity index (χ2v) is 5.19. The number of nitrogens with one attached hydrogen (secondary N) is 1. The lowest BCUT2D eigenvalue weighted by Crippen LogP contribution is -2.46. The Kier molecular flexibility index (Phi) is 5.73. The number of hydrogen-bond acceptors (Lipinski definition) is 3. The van der Waals surface area contributed by atoms with Crippen molar-refractivity contribution in [2.45, 2.75) is 57.6 Å². The zero-order valence-electron chi connectivity index (χ0n) is 11.0. The Morgan fingerprint density at radius 3 is 2.56 bits per heavy atom. The SMILES string of the molecule is CCCNC1CCC(O)(C(C)COC)CC1. The van der Waals surface area contributed by atoms with Gasteiger partial charge in [0.25, 0.3) is 0 Å². The van der Waals surface area contributed by atoms with Crippen LogP contribution >= 0.6 is 0 Å². The molecular weight excluding hydrogens is 202 g/mol. The molecule has 0 aliphatic heterocycles. The summed E-state index contributed by atoms with van der Waals surface area (Å²) in [6.45, 7) is 6.02. The van der Waals surface area contributed by atoms with Crippen molar-refractivity contribution >= 4 is 0 Å². The molecule has 0 aromatic rings. The van der Waals surface area contributed by atoms with Gasteiger partial charge in [-0.3, -0.25) is 0 Å². The van der Waals surface area contributed by atoms with Crippen molar-refractivity contribution in [1.29, 1.82) is 0 Å². The smallest absolute Gasteiger partial charge is 0.0696 e. The van der Waals surface area contributed by atoms with Crippen LogP contribution in [-0.2, 0) is 4.74 Å². The summed E-state index contributed by atoms with van der Waals surface area (Å²) in [6.07, 6.45) is 5.16. The average molecular weight is 229 g/mol. The van der Waals surface area contributed by atoms with Gasteiger partial charge in [-0.1, -0.05) is 13.8 Å². The third-order valence-electron chi connectivity index (χ3n) is 3.87. The lowest BCUT2D eigenvalue weighted by atomic mass is 9.75. The Bertz CT molecular complexity index is 188. The number of rotatable bonds is 6. The summed E-state index contributed by atoms with van der Waals surface area (Å²) in [5, 5.41) is 14.0. The first-order valence-corrected chi connectivity index (χ1v) is 6.57. The first kappa shape index (κ1) is 13.9. The van der Waals surface area contributed by atoms with Gasteiger partial charge in [0.05, 0.1) is 12.2 Å². The van der Waals surface area contributed by atoms with Gasteiger partial charge in [0, 0.05) is 19.1 Å². The summed E-state index contributed by atoms with van der Waals surface area (Å²) in [4.78, 5) is 0. The van der Waals surface area contributed by atoms with E-state index in [-0.39, 0.29) is 5.92 Å². The Morgan fingerprint density at radius 2 is 2.06 bits per heavy atom. The van der Waals surface area contributed by atoms with Crippen molar-refractivity contribution < 1.29 is 9.84 Å². The van der Waals surface area contributed by atoms with Crippen LogP contribution in [0.2, 0.25) is 0 Å². The van der Waals surface area contributed by atoms with Crippen LogP contribution in [-0.4, -0.2) is 37.0 Å². The van der Waals surface area contributed by atoms with E-state index < -0.39 is 5.60 Å². The van der Waals surface area contributed by atoms with E-state index in [1.165, 1.54) is 6.42 Å². The summed E-state index contributed by atoms with van der Waals surface area (Å²) in [6, 6.07) is 0.606. The lowest BCUT2D eigenvalue weighted by molar-refractivity contribution is -0.0698. The molecule has 96 valence electrons. The summed E-state index contributed by atoms with van der Waals surface area (Å²) >= 11 is 0. The van der Waals surface area contributed by atoms with Crippen molar-refractivity contribution in [3.8, 4) is 0 Å². The maximum absolute atomic E-state index is 10.5. The summed E-state index contributed by atoms with van der Waals surface area (Å²) in [5.74, 6) is 0.240.